The molecule has 0 N–H and O–H groups in total. The smallest absolute Gasteiger partial charge is 0.154 e. The fourth-order valence-electron chi connectivity index (χ4n) is 2.42. The molecular formula is C20H12N4O. The fourth-order valence-corrected chi connectivity index (χ4v) is 2.42. The molecule has 0 unspecified atom stereocenters. The van der Waals surface area contributed by atoms with Gasteiger partial charge in [0.15, 0.2) is 5.65 Å². The first-order valence-corrected chi connectivity index (χ1v) is 7.66. The Morgan fingerprint density at radius 2 is 1.72 bits per heavy atom. The molecule has 0 aliphatic rings. The molecule has 0 bridgehead atoms. The van der Waals surface area contributed by atoms with E-state index in [-0.39, 0.29) is 0 Å². The van der Waals surface area contributed by atoms with E-state index in [9.17, 15) is 4.79 Å². The van der Waals surface area contributed by atoms with Crippen LogP contribution in [0, 0.1) is 11.8 Å². The molecule has 0 atom stereocenters. The van der Waals surface area contributed by atoms with E-state index in [1.54, 1.807) is 35.2 Å². The Kier molecular flexibility index (Phi) is 3.77. The van der Waals surface area contributed by atoms with Gasteiger partial charge in [0.05, 0.1) is 11.9 Å². The van der Waals surface area contributed by atoms with E-state index in [2.05, 4.69) is 26.9 Å². The van der Waals surface area contributed by atoms with Gasteiger partial charge in [-0.15, -0.1) is 0 Å². The summed E-state index contributed by atoms with van der Waals surface area (Å²) < 4.78 is 1.72. The summed E-state index contributed by atoms with van der Waals surface area (Å²) in [5.74, 6) is 6.18. The van der Waals surface area contributed by atoms with E-state index >= 15 is 0 Å². The van der Waals surface area contributed by atoms with Crippen LogP contribution >= 0.6 is 0 Å². The normalized spacial score (nSPS) is 10.2. The molecule has 0 spiro atoms. The summed E-state index contributed by atoms with van der Waals surface area (Å²) in [5, 5.41) is 4.62. The minimum absolute atomic E-state index is 0.636. The minimum Gasteiger partial charge on any atom is -0.298 e. The molecule has 0 amide bonds. The molecule has 4 rings (SSSR count). The Morgan fingerprint density at radius 3 is 2.48 bits per heavy atom. The maximum Gasteiger partial charge on any atom is 0.154 e. The molecule has 0 saturated heterocycles. The summed E-state index contributed by atoms with van der Waals surface area (Å²) in [6, 6.07) is 14.8. The summed E-state index contributed by atoms with van der Waals surface area (Å²) in [6.45, 7) is 0. The van der Waals surface area contributed by atoms with Crippen molar-refractivity contribution in [2.45, 2.75) is 0 Å². The highest BCUT2D eigenvalue weighted by Gasteiger charge is 2.05. The third kappa shape index (κ3) is 3.01. The number of nitrogens with zero attached hydrogens (tertiary/aromatic N) is 4. The number of carbonyl (C=O) groups is 1. The second-order valence-corrected chi connectivity index (χ2v) is 5.36. The second kappa shape index (κ2) is 6.38. The summed E-state index contributed by atoms with van der Waals surface area (Å²) in [6.07, 6.45) is 5.94. The lowest BCUT2D eigenvalue weighted by molar-refractivity contribution is 0.112. The van der Waals surface area contributed by atoms with Crippen molar-refractivity contribution in [3.05, 3.63) is 83.9 Å². The Balaban J connectivity index is 1.75. The van der Waals surface area contributed by atoms with Gasteiger partial charge in [-0.3, -0.25) is 9.78 Å². The average Bonchev–Trinajstić information content (AvgIpc) is 3.09. The highest BCUT2D eigenvalue weighted by Crippen LogP contribution is 2.18. The van der Waals surface area contributed by atoms with Gasteiger partial charge in [0, 0.05) is 29.1 Å². The standard InChI is InChI=1S/C20H12N4O/c25-14-16-1-4-17(5-2-16)19-7-8-20-22-13-18(24(20)23-19)6-3-15-9-11-21-12-10-15/h1-2,4-5,7-14H. The van der Waals surface area contributed by atoms with Crippen molar-refractivity contribution in [2.24, 2.45) is 0 Å². The molecule has 5 heteroatoms. The summed E-state index contributed by atoms with van der Waals surface area (Å²) in [4.78, 5) is 19.1. The summed E-state index contributed by atoms with van der Waals surface area (Å²) in [5.41, 5.74) is 4.66. The number of rotatable bonds is 2. The van der Waals surface area contributed by atoms with Crippen molar-refractivity contribution in [2.75, 3.05) is 0 Å². The van der Waals surface area contributed by atoms with Crippen molar-refractivity contribution in [1.29, 1.82) is 0 Å². The molecule has 0 aliphatic heterocycles. The molecule has 0 radical (unpaired) electrons. The molecule has 1 aromatic carbocycles. The van der Waals surface area contributed by atoms with Gasteiger partial charge in [0.1, 0.15) is 12.0 Å². The van der Waals surface area contributed by atoms with E-state index in [0.29, 0.717) is 11.3 Å². The molecule has 118 valence electrons. The van der Waals surface area contributed by atoms with Gasteiger partial charge in [0.25, 0.3) is 0 Å². The van der Waals surface area contributed by atoms with Crippen LogP contribution in [-0.2, 0) is 0 Å². The van der Waals surface area contributed by atoms with Crippen LogP contribution in [0.1, 0.15) is 21.6 Å². The van der Waals surface area contributed by atoms with Crippen LogP contribution in [-0.4, -0.2) is 25.9 Å². The quantitative estimate of drug-likeness (QED) is 0.420. The molecule has 3 aromatic heterocycles. The van der Waals surface area contributed by atoms with Crippen LogP contribution in [0.2, 0.25) is 0 Å². The highest BCUT2D eigenvalue weighted by molar-refractivity contribution is 5.76. The zero-order chi connectivity index (χ0) is 17.1. The van der Waals surface area contributed by atoms with Gasteiger partial charge < -0.3 is 0 Å². The molecular weight excluding hydrogens is 312 g/mol. The molecule has 5 nitrogen and oxygen atoms in total. The van der Waals surface area contributed by atoms with Crippen LogP contribution in [0.5, 0.6) is 0 Å². The number of aromatic nitrogens is 4. The van der Waals surface area contributed by atoms with Crippen molar-refractivity contribution >= 4 is 11.9 Å². The predicted molar refractivity (Wildman–Crippen MR) is 94.0 cm³/mol. The van der Waals surface area contributed by atoms with E-state index in [4.69, 9.17) is 0 Å². The van der Waals surface area contributed by atoms with Gasteiger partial charge in [0.2, 0.25) is 0 Å². The molecule has 0 aliphatic carbocycles. The van der Waals surface area contributed by atoms with Gasteiger partial charge >= 0.3 is 0 Å². The van der Waals surface area contributed by atoms with Gasteiger partial charge in [-0.05, 0) is 30.2 Å². The van der Waals surface area contributed by atoms with Crippen molar-refractivity contribution in [3.63, 3.8) is 0 Å². The van der Waals surface area contributed by atoms with E-state index in [1.165, 1.54) is 0 Å². The number of pyridine rings is 1. The Hall–Kier alpha value is -3.78. The molecule has 3 heterocycles. The number of imidazole rings is 1. The second-order valence-electron chi connectivity index (χ2n) is 5.36. The topological polar surface area (TPSA) is 60.2 Å². The van der Waals surface area contributed by atoms with Crippen LogP contribution in [0.3, 0.4) is 0 Å². The lowest BCUT2D eigenvalue weighted by Crippen LogP contribution is -1.97. The SMILES string of the molecule is O=Cc1ccc(-c2ccc3ncc(C#Cc4ccncc4)n3n2)cc1. The highest BCUT2D eigenvalue weighted by atomic mass is 16.1. The van der Waals surface area contributed by atoms with E-state index in [0.717, 1.165) is 28.8 Å². The Labute approximate surface area is 144 Å². The fraction of sp³-hybridized carbons (Fsp3) is 0. The summed E-state index contributed by atoms with van der Waals surface area (Å²) in [7, 11) is 0. The van der Waals surface area contributed by atoms with Crippen LogP contribution in [0.25, 0.3) is 16.9 Å². The van der Waals surface area contributed by atoms with Gasteiger partial charge in [-0.1, -0.05) is 30.2 Å². The third-order valence-electron chi connectivity index (χ3n) is 3.72. The van der Waals surface area contributed by atoms with Crippen molar-refractivity contribution < 1.29 is 4.79 Å². The van der Waals surface area contributed by atoms with Gasteiger partial charge in [-0.25, -0.2) is 9.50 Å². The number of hydrogen-bond acceptors (Lipinski definition) is 4. The maximum atomic E-state index is 10.8. The Morgan fingerprint density at radius 1 is 0.920 bits per heavy atom. The number of aldehydes is 1. The first-order chi connectivity index (χ1) is 12.3. The predicted octanol–water partition coefficient (Wildman–Crippen LogP) is 3.00. The van der Waals surface area contributed by atoms with E-state index < -0.39 is 0 Å². The minimum atomic E-state index is 0.636. The first-order valence-electron chi connectivity index (χ1n) is 7.66. The zero-order valence-electron chi connectivity index (χ0n) is 13.1. The number of benzene rings is 1. The number of carbonyl (C=O) groups excluding carboxylic acids is 1. The number of hydrogen-bond donors (Lipinski definition) is 0. The molecule has 0 fully saturated rings. The lowest BCUT2D eigenvalue weighted by atomic mass is 10.1. The first kappa shape index (κ1) is 14.8. The average molecular weight is 324 g/mol. The monoisotopic (exact) mass is 324 g/mol. The van der Waals surface area contributed by atoms with Crippen LogP contribution in [0.15, 0.2) is 67.1 Å². The summed E-state index contributed by atoms with van der Waals surface area (Å²) >= 11 is 0. The van der Waals surface area contributed by atoms with Crippen molar-refractivity contribution in [1.82, 2.24) is 19.6 Å². The largest absolute Gasteiger partial charge is 0.298 e. The zero-order valence-corrected chi connectivity index (χ0v) is 13.1. The Bertz CT molecular complexity index is 1100. The van der Waals surface area contributed by atoms with Crippen LogP contribution in [0.4, 0.5) is 0 Å². The third-order valence-corrected chi connectivity index (χ3v) is 3.72. The molecule has 4 aromatic rings. The number of fused-ring (bicyclic) bond motifs is 1. The molecule has 0 saturated carbocycles. The van der Waals surface area contributed by atoms with Crippen LogP contribution < -0.4 is 0 Å². The van der Waals surface area contributed by atoms with Gasteiger partial charge in [-0.2, -0.15) is 5.10 Å². The molecule has 25 heavy (non-hydrogen) atoms. The van der Waals surface area contributed by atoms with Crippen molar-refractivity contribution in [3.8, 4) is 23.1 Å². The lowest BCUT2D eigenvalue weighted by Gasteiger charge is -2.02. The maximum absolute atomic E-state index is 10.8. The van der Waals surface area contributed by atoms with E-state index in [1.807, 2.05) is 36.4 Å².